The number of piperidine rings is 1. The molecule has 1 aromatic heterocycles. The predicted octanol–water partition coefficient (Wildman–Crippen LogP) is 4.68. The minimum atomic E-state index is -0.507. The molecule has 9 nitrogen and oxygen atoms in total. The minimum absolute atomic E-state index is 0.133. The van der Waals surface area contributed by atoms with Crippen LogP contribution in [-0.2, 0) is 0 Å². The largest absolute Gasteiger partial charge is 0.459 e. The number of nitro benzene ring substituents is 1. The number of nitrogens with one attached hydrogen (secondary N) is 2. The molecule has 0 spiro atoms. The van der Waals surface area contributed by atoms with Crippen molar-refractivity contribution in [2.45, 2.75) is 19.3 Å². The normalized spacial score (nSPS) is 13.4. The van der Waals surface area contributed by atoms with Crippen LogP contribution in [0.1, 0.15) is 40.2 Å². The topological polar surface area (TPSA) is 118 Å². The van der Waals surface area contributed by atoms with Gasteiger partial charge < -0.3 is 20.0 Å². The second-order valence-corrected chi connectivity index (χ2v) is 7.47. The summed E-state index contributed by atoms with van der Waals surface area (Å²) in [4.78, 5) is 37.9. The summed E-state index contributed by atoms with van der Waals surface area (Å²) in [5.74, 6) is -0.616. The van der Waals surface area contributed by atoms with Crippen molar-refractivity contribution < 1.29 is 18.9 Å². The molecule has 3 aromatic rings. The number of hydrogen-bond acceptors (Lipinski definition) is 6. The lowest BCUT2D eigenvalue weighted by molar-refractivity contribution is -0.384. The van der Waals surface area contributed by atoms with Gasteiger partial charge in [0.25, 0.3) is 17.5 Å². The van der Waals surface area contributed by atoms with Gasteiger partial charge >= 0.3 is 0 Å². The summed E-state index contributed by atoms with van der Waals surface area (Å²) in [6, 6.07) is 14.2. The Morgan fingerprint density at radius 1 is 0.906 bits per heavy atom. The van der Waals surface area contributed by atoms with Crippen molar-refractivity contribution >= 4 is 34.6 Å². The van der Waals surface area contributed by atoms with Crippen LogP contribution in [0.3, 0.4) is 0 Å². The number of carbonyl (C=O) groups excluding carboxylic acids is 2. The van der Waals surface area contributed by atoms with Crippen LogP contribution in [0.5, 0.6) is 0 Å². The molecule has 0 bridgehead atoms. The Morgan fingerprint density at radius 2 is 1.56 bits per heavy atom. The molecule has 0 radical (unpaired) electrons. The number of hydrogen-bond donors (Lipinski definition) is 2. The highest BCUT2D eigenvalue weighted by atomic mass is 16.6. The maximum absolute atomic E-state index is 13.0. The molecule has 1 aliphatic heterocycles. The first-order valence-electron chi connectivity index (χ1n) is 10.3. The highest BCUT2D eigenvalue weighted by Gasteiger charge is 2.22. The summed E-state index contributed by atoms with van der Waals surface area (Å²) in [6.07, 6.45) is 4.58. The average Bonchev–Trinajstić information content (AvgIpc) is 3.36. The monoisotopic (exact) mass is 434 g/mol. The van der Waals surface area contributed by atoms with Gasteiger partial charge in [-0.2, -0.15) is 0 Å². The molecule has 4 rings (SSSR count). The van der Waals surface area contributed by atoms with Crippen molar-refractivity contribution in [3.05, 3.63) is 82.3 Å². The molecule has 2 heterocycles. The molecule has 1 fully saturated rings. The highest BCUT2D eigenvalue weighted by molar-refractivity contribution is 6.09. The van der Waals surface area contributed by atoms with E-state index in [0.29, 0.717) is 17.1 Å². The summed E-state index contributed by atoms with van der Waals surface area (Å²) in [7, 11) is 0. The van der Waals surface area contributed by atoms with Crippen LogP contribution in [-0.4, -0.2) is 29.8 Å². The van der Waals surface area contributed by atoms with Crippen molar-refractivity contribution in [3.8, 4) is 0 Å². The van der Waals surface area contributed by atoms with E-state index in [1.54, 1.807) is 42.5 Å². The number of amides is 2. The van der Waals surface area contributed by atoms with Gasteiger partial charge in [0, 0.05) is 36.6 Å². The van der Waals surface area contributed by atoms with Crippen molar-refractivity contribution in [3.63, 3.8) is 0 Å². The van der Waals surface area contributed by atoms with Gasteiger partial charge in [0.05, 0.1) is 22.4 Å². The second kappa shape index (κ2) is 9.34. The third-order valence-corrected chi connectivity index (χ3v) is 5.28. The van der Waals surface area contributed by atoms with Crippen LogP contribution in [0, 0.1) is 10.1 Å². The first-order valence-corrected chi connectivity index (χ1v) is 10.3. The van der Waals surface area contributed by atoms with Crippen molar-refractivity contribution in [2.75, 3.05) is 28.6 Å². The first kappa shape index (κ1) is 21.1. The fourth-order valence-corrected chi connectivity index (χ4v) is 3.67. The number of non-ortho nitro benzene ring substituents is 1. The summed E-state index contributed by atoms with van der Waals surface area (Å²) in [6.45, 7) is 1.62. The van der Waals surface area contributed by atoms with E-state index in [-0.39, 0.29) is 22.9 Å². The van der Waals surface area contributed by atoms with Gasteiger partial charge in [-0.3, -0.25) is 19.7 Å². The number of nitro groups is 1. The van der Waals surface area contributed by atoms with E-state index in [4.69, 9.17) is 4.42 Å². The van der Waals surface area contributed by atoms with E-state index >= 15 is 0 Å². The summed E-state index contributed by atoms with van der Waals surface area (Å²) < 4.78 is 5.06. The van der Waals surface area contributed by atoms with Gasteiger partial charge in [-0.1, -0.05) is 0 Å². The smallest absolute Gasteiger partial charge is 0.291 e. The van der Waals surface area contributed by atoms with Gasteiger partial charge in [0.1, 0.15) is 0 Å². The van der Waals surface area contributed by atoms with Gasteiger partial charge in [0.15, 0.2) is 5.76 Å². The number of benzene rings is 2. The van der Waals surface area contributed by atoms with Gasteiger partial charge in [0.2, 0.25) is 0 Å². The lowest BCUT2D eigenvalue weighted by Crippen LogP contribution is -2.31. The Bertz CT molecular complexity index is 1120. The molecule has 2 amide bonds. The molecule has 32 heavy (non-hydrogen) atoms. The Morgan fingerprint density at radius 3 is 2.16 bits per heavy atom. The van der Waals surface area contributed by atoms with Crippen LogP contribution >= 0.6 is 0 Å². The average molecular weight is 434 g/mol. The van der Waals surface area contributed by atoms with Crippen molar-refractivity contribution in [1.82, 2.24) is 0 Å². The zero-order chi connectivity index (χ0) is 22.5. The van der Waals surface area contributed by atoms with Crippen LogP contribution in [0.4, 0.5) is 22.7 Å². The van der Waals surface area contributed by atoms with Gasteiger partial charge in [-0.15, -0.1) is 0 Å². The SMILES string of the molecule is O=C(Nc1ccc(NC(=O)c2cc([N+](=O)[O-])ccc2N2CCCCC2)cc1)c1ccco1. The Labute approximate surface area is 184 Å². The number of nitrogens with zero attached hydrogens (tertiary/aromatic N) is 2. The molecule has 0 unspecified atom stereocenters. The fourth-order valence-electron chi connectivity index (χ4n) is 3.67. The molecular weight excluding hydrogens is 412 g/mol. The van der Waals surface area contributed by atoms with E-state index in [1.807, 2.05) is 0 Å². The zero-order valence-electron chi connectivity index (χ0n) is 17.2. The van der Waals surface area contributed by atoms with E-state index < -0.39 is 10.8 Å². The molecule has 0 saturated carbocycles. The number of rotatable bonds is 6. The maximum Gasteiger partial charge on any atom is 0.291 e. The number of furan rings is 1. The maximum atomic E-state index is 13.0. The van der Waals surface area contributed by atoms with Crippen molar-refractivity contribution in [1.29, 1.82) is 0 Å². The standard InChI is InChI=1S/C23H22N4O5/c28-22(19-15-18(27(30)31)10-11-20(19)26-12-2-1-3-13-26)24-16-6-8-17(9-7-16)25-23(29)21-5-4-14-32-21/h4-11,14-15H,1-3,12-13H2,(H,24,28)(H,25,29). The van der Waals surface area contributed by atoms with Crippen LogP contribution in [0.15, 0.2) is 65.3 Å². The van der Waals surface area contributed by atoms with Gasteiger partial charge in [-0.25, -0.2) is 0 Å². The quantitative estimate of drug-likeness (QED) is 0.430. The number of anilines is 3. The predicted molar refractivity (Wildman–Crippen MR) is 120 cm³/mol. The Kier molecular flexibility index (Phi) is 6.16. The molecule has 1 aliphatic rings. The molecule has 164 valence electrons. The lowest BCUT2D eigenvalue weighted by Gasteiger charge is -2.30. The number of carbonyl (C=O) groups is 2. The second-order valence-electron chi connectivity index (χ2n) is 7.47. The zero-order valence-corrected chi connectivity index (χ0v) is 17.2. The fraction of sp³-hybridized carbons (Fsp3) is 0.217. The van der Waals surface area contributed by atoms with Gasteiger partial charge in [-0.05, 0) is 61.7 Å². The Balaban J connectivity index is 1.50. The third-order valence-electron chi connectivity index (χ3n) is 5.28. The third kappa shape index (κ3) is 4.77. The molecule has 0 atom stereocenters. The molecule has 1 saturated heterocycles. The summed E-state index contributed by atoms with van der Waals surface area (Å²) in [5, 5.41) is 16.7. The van der Waals surface area contributed by atoms with E-state index in [2.05, 4.69) is 15.5 Å². The van der Waals surface area contributed by atoms with E-state index in [1.165, 1.54) is 18.4 Å². The van der Waals surface area contributed by atoms with E-state index in [0.717, 1.165) is 32.4 Å². The molecular formula is C23H22N4O5. The first-order chi connectivity index (χ1) is 15.5. The molecule has 2 N–H and O–H groups in total. The molecule has 9 heteroatoms. The molecule has 2 aromatic carbocycles. The van der Waals surface area contributed by atoms with E-state index in [9.17, 15) is 19.7 Å². The van der Waals surface area contributed by atoms with Crippen molar-refractivity contribution in [2.24, 2.45) is 0 Å². The van der Waals surface area contributed by atoms with Crippen LogP contribution in [0.25, 0.3) is 0 Å². The Hall–Kier alpha value is -4.14. The summed E-state index contributed by atoms with van der Waals surface area (Å²) in [5.41, 5.74) is 1.86. The lowest BCUT2D eigenvalue weighted by atomic mass is 10.1. The highest BCUT2D eigenvalue weighted by Crippen LogP contribution is 2.29. The minimum Gasteiger partial charge on any atom is -0.459 e. The molecule has 0 aliphatic carbocycles. The van der Waals surface area contributed by atoms with Crippen LogP contribution < -0.4 is 15.5 Å². The van der Waals surface area contributed by atoms with Crippen LogP contribution in [0.2, 0.25) is 0 Å². The summed E-state index contributed by atoms with van der Waals surface area (Å²) >= 11 is 0.